The van der Waals surface area contributed by atoms with Crippen LogP contribution in [0.5, 0.6) is 0 Å². The van der Waals surface area contributed by atoms with Gasteiger partial charge in [0.25, 0.3) is 0 Å². The number of allylic oxidation sites excluding steroid dienone is 1. The van der Waals surface area contributed by atoms with Crippen LogP contribution < -0.4 is 17.0 Å². The van der Waals surface area contributed by atoms with Gasteiger partial charge in [-0.2, -0.15) is 0 Å². The van der Waals surface area contributed by atoms with E-state index in [4.69, 9.17) is 0 Å². The molecular formula is C28H37BrN2. The molecule has 0 N–H and O–H groups in total. The third-order valence-electron chi connectivity index (χ3n) is 7.09. The number of hydrogen-bond donors (Lipinski definition) is 0. The maximum atomic E-state index is 2.68. The Labute approximate surface area is 199 Å². The summed E-state index contributed by atoms with van der Waals surface area (Å²) in [7, 11) is 0. The molecule has 2 aliphatic rings. The van der Waals surface area contributed by atoms with Crippen LogP contribution in [0.25, 0.3) is 0 Å². The standard InChI is InChI=1S/C28H37N2.BrH/c1-28(2)26(23-25-15-8-4-9-16-25)27(29-19-10-5-11-20-29)18-22-30(28)21-12-17-24-13-6-3-7-14-24;/h3-4,6-9,13-16,18,22,26H,5,10-12,17,19-21,23H2,1-2H3;1H/q+1;/p-1. The Morgan fingerprint density at radius 2 is 1.48 bits per heavy atom. The van der Waals surface area contributed by atoms with E-state index in [-0.39, 0.29) is 22.5 Å². The Morgan fingerprint density at radius 1 is 0.871 bits per heavy atom. The van der Waals surface area contributed by atoms with Gasteiger partial charge in [-0.25, -0.2) is 4.58 Å². The fourth-order valence-corrected chi connectivity index (χ4v) is 5.18. The fourth-order valence-electron chi connectivity index (χ4n) is 5.18. The summed E-state index contributed by atoms with van der Waals surface area (Å²) < 4.78 is 2.61. The van der Waals surface area contributed by atoms with Gasteiger partial charge in [-0.05, 0) is 43.2 Å². The van der Waals surface area contributed by atoms with Gasteiger partial charge in [-0.15, -0.1) is 0 Å². The first-order valence-corrected chi connectivity index (χ1v) is 11.8. The van der Waals surface area contributed by atoms with Gasteiger partial charge in [0, 0.05) is 45.1 Å². The molecular weight excluding hydrogens is 444 g/mol. The molecule has 166 valence electrons. The topological polar surface area (TPSA) is 6.25 Å². The summed E-state index contributed by atoms with van der Waals surface area (Å²) in [4.78, 5) is 2.68. The molecule has 0 aromatic heterocycles. The zero-order valence-corrected chi connectivity index (χ0v) is 20.7. The highest BCUT2D eigenvalue weighted by molar-refractivity contribution is 5.69. The molecule has 1 unspecified atom stereocenters. The van der Waals surface area contributed by atoms with Crippen molar-refractivity contribution >= 4 is 6.21 Å². The molecule has 2 heterocycles. The highest BCUT2D eigenvalue weighted by atomic mass is 79.9. The van der Waals surface area contributed by atoms with Crippen LogP contribution in [0.3, 0.4) is 0 Å². The third kappa shape index (κ3) is 5.88. The van der Waals surface area contributed by atoms with E-state index >= 15 is 0 Å². The molecule has 1 atom stereocenters. The largest absolute Gasteiger partial charge is 1.00 e. The molecule has 4 rings (SSSR count). The maximum absolute atomic E-state index is 2.68. The summed E-state index contributed by atoms with van der Waals surface area (Å²) in [6.45, 7) is 8.45. The van der Waals surface area contributed by atoms with Crippen molar-refractivity contribution in [2.75, 3.05) is 19.6 Å². The Balaban J connectivity index is 0.00000272. The average molecular weight is 482 g/mol. The van der Waals surface area contributed by atoms with Gasteiger partial charge in [-0.3, -0.25) is 0 Å². The first-order valence-electron chi connectivity index (χ1n) is 11.8. The predicted molar refractivity (Wildman–Crippen MR) is 127 cm³/mol. The number of likely N-dealkylation sites (tertiary alicyclic amines) is 1. The van der Waals surface area contributed by atoms with Crippen molar-refractivity contribution in [2.45, 2.75) is 57.9 Å². The molecule has 2 aromatic rings. The van der Waals surface area contributed by atoms with Crippen LogP contribution in [0.15, 0.2) is 72.4 Å². The lowest BCUT2D eigenvalue weighted by atomic mass is 9.77. The van der Waals surface area contributed by atoms with Crippen LogP contribution in [0.2, 0.25) is 0 Å². The van der Waals surface area contributed by atoms with E-state index in [9.17, 15) is 0 Å². The Bertz CT molecular complexity index is 864. The van der Waals surface area contributed by atoms with Gasteiger partial charge < -0.3 is 21.9 Å². The summed E-state index contributed by atoms with van der Waals surface area (Å²) in [5, 5.41) is 0. The van der Waals surface area contributed by atoms with Crippen LogP contribution in [-0.2, 0) is 12.8 Å². The van der Waals surface area contributed by atoms with Crippen molar-refractivity contribution in [3.63, 3.8) is 0 Å². The second kappa shape index (κ2) is 11.1. The zero-order chi connectivity index (χ0) is 20.8. The summed E-state index contributed by atoms with van der Waals surface area (Å²) in [6, 6.07) is 22.0. The highest BCUT2D eigenvalue weighted by Gasteiger charge is 2.45. The van der Waals surface area contributed by atoms with Crippen molar-refractivity contribution in [3.05, 3.63) is 83.6 Å². The van der Waals surface area contributed by atoms with Gasteiger partial charge >= 0.3 is 0 Å². The third-order valence-corrected chi connectivity index (χ3v) is 7.09. The number of piperidine rings is 1. The normalized spacial score (nSPS) is 20.5. The van der Waals surface area contributed by atoms with E-state index in [1.165, 1.54) is 49.9 Å². The highest BCUT2D eigenvalue weighted by Crippen LogP contribution is 2.36. The zero-order valence-electron chi connectivity index (χ0n) is 19.1. The van der Waals surface area contributed by atoms with Crippen molar-refractivity contribution in [2.24, 2.45) is 5.92 Å². The molecule has 0 aliphatic carbocycles. The molecule has 0 amide bonds. The SMILES string of the molecule is CC1(C)C(Cc2ccccc2)C(N2CCCCC2)=CC=[N+]1CCCc1ccccc1.[Br-]. The predicted octanol–water partition coefficient (Wildman–Crippen LogP) is 2.73. The van der Waals surface area contributed by atoms with Crippen LogP contribution in [0.1, 0.15) is 50.7 Å². The molecule has 0 saturated carbocycles. The number of halogens is 1. The Kier molecular flexibility index (Phi) is 8.54. The molecule has 0 radical (unpaired) electrons. The first-order chi connectivity index (χ1) is 14.6. The quantitative estimate of drug-likeness (QED) is 0.552. The van der Waals surface area contributed by atoms with E-state index in [0.717, 1.165) is 19.4 Å². The van der Waals surface area contributed by atoms with Crippen molar-refractivity contribution in [1.29, 1.82) is 0 Å². The molecule has 31 heavy (non-hydrogen) atoms. The van der Waals surface area contributed by atoms with Crippen molar-refractivity contribution in [1.82, 2.24) is 4.90 Å². The van der Waals surface area contributed by atoms with E-state index in [1.807, 2.05) is 0 Å². The second-order valence-electron chi connectivity index (χ2n) is 9.47. The minimum Gasteiger partial charge on any atom is -1.00 e. The molecule has 1 fully saturated rings. The number of aryl methyl sites for hydroxylation is 1. The average Bonchev–Trinajstić information content (AvgIpc) is 2.78. The summed E-state index contributed by atoms with van der Waals surface area (Å²) in [5.74, 6) is 0.514. The summed E-state index contributed by atoms with van der Waals surface area (Å²) in [5.41, 5.74) is 4.55. The van der Waals surface area contributed by atoms with Crippen LogP contribution in [0.4, 0.5) is 0 Å². The van der Waals surface area contributed by atoms with E-state index in [0.29, 0.717) is 5.92 Å². The lowest BCUT2D eigenvalue weighted by Gasteiger charge is -2.42. The molecule has 2 aliphatic heterocycles. The number of benzene rings is 2. The fraction of sp³-hybridized carbons (Fsp3) is 0.464. The minimum absolute atomic E-state index is 0. The molecule has 3 heteroatoms. The van der Waals surface area contributed by atoms with E-state index in [2.05, 4.69) is 96.3 Å². The minimum atomic E-state index is 0. The van der Waals surface area contributed by atoms with Crippen LogP contribution in [-0.4, -0.2) is 40.9 Å². The number of nitrogens with zero attached hydrogens (tertiary/aromatic N) is 2. The monoisotopic (exact) mass is 480 g/mol. The van der Waals surface area contributed by atoms with Gasteiger partial charge in [0.2, 0.25) is 0 Å². The van der Waals surface area contributed by atoms with E-state index in [1.54, 1.807) is 5.70 Å². The maximum Gasteiger partial charge on any atom is 0.165 e. The van der Waals surface area contributed by atoms with Gasteiger partial charge in [0.15, 0.2) is 11.8 Å². The molecule has 2 nitrogen and oxygen atoms in total. The first kappa shape index (κ1) is 23.8. The van der Waals surface area contributed by atoms with Crippen molar-refractivity contribution < 1.29 is 21.6 Å². The summed E-state index contributed by atoms with van der Waals surface area (Å²) >= 11 is 0. The second-order valence-corrected chi connectivity index (χ2v) is 9.47. The van der Waals surface area contributed by atoms with E-state index < -0.39 is 0 Å². The van der Waals surface area contributed by atoms with Gasteiger partial charge in [0.1, 0.15) is 6.54 Å². The molecule has 0 spiro atoms. The lowest BCUT2D eigenvalue weighted by Crippen LogP contribution is -3.00. The Hall–Kier alpha value is -1.87. The molecule has 1 saturated heterocycles. The van der Waals surface area contributed by atoms with Gasteiger partial charge in [0.05, 0.1) is 5.92 Å². The number of rotatable bonds is 7. The number of hydrogen-bond acceptors (Lipinski definition) is 1. The smallest absolute Gasteiger partial charge is 0.165 e. The van der Waals surface area contributed by atoms with Gasteiger partial charge in [-0.1, -0.05) is 60.7 Å². The van der Waals surface area contributed by atoms with Crippen molar-refractivity contribution in [3.8, 4) is 0 Å². The summed E-state index contributed by atoms with van der Waals surface area (Å²) in [6.07, 6.45) is 12.3. The Morgan fingerprint density at radius 3 is 2.13 bits per heavy atom. The molecule has 2 aromatic carbocycles. The molecule has 0 bridgehead atoms. The van der Waals surface area contributed by atoms with Crippen LogP contribution >= 0.6 is 0 Å². The lowest BCUT2D eigenvalue weighted by molar-refractivity contribution is -0.607. The van der Waals surface area contributed by atoms with Crippen LogP contribution in [0, 0.1) is 5.92 Å².